The van der Waals surface area contributed by atoms with Crippen molar-refractivity contribution in [3.05, 3.63) is 0 Å². The van der Waals surface area contributed by atoms with Crippen molar-refractivity contribution in [2.24, 2.45) is 5.92 Å². The van der Waals surface area contributed by atoms with Crippen molar-refractivity contribution in [1.29, 1.82) is 0 Å². The highest BCUT2D eigenvalue weighted by molar-refractivity contribution is 5.74. The van der Waals surface area contributed by atoms with Gasteiger partial charge in [-0.1, -0.05) is 0 Å². The van der Waals surface area contributed by atoms with E-state index in [1.807, 2.05) is 0 Å². The molecule has 26 heavy (non-hydrogen) atoms. The molecule has 0 unspecified atom stereocenters. The van der Waals surface area contributed by atoms with Gasteiger partial charge >= 0.3 is 0 Å². The van der Waals surface area contributed by atoms with Gasteiger partial charge in [-0.15, -0.1) is 0 Å². The Morgan fingerprint density at radius 1 is 1.12 bits per heavy atom. The number of likely N-dealkylation sites (tertiary alicyclic amines) is 1. The highest BCUT2D eigenvalue weighted by Crippen LogP contribution is 2.27. The molecule has 2 fully saturated rings. The zero-order valence-electron chi connectivity index (χ0n) is 15.4. The molecule has 2 aliphatic rings. The number of hydrogen-bond donors (Lipinski definition) is 1. The normalized spacial score (nSPS) is 21.6. The molecule has 4 heterocycles. The van der Waals surface area contributed by atoms with Crippen LogP contribution in [0, 0.1) is 5.92 Å². The van der Waals surface area contributed by atoms with Crippen molar-refractivity contribution in [1.82, 2.24) is 25.2 Å². The molecule has 2 aliphatic heterocycles. The number of hydrogen-bond acceptors (Lipinski definition) is 9. The smallest absolute Gasteiger partial charge is 0.245 e. The first-order valence-corrected chi connectivity index (χ1v) is 9.54. The van der Waals surface area contributed by atoms with E-state index in [4.69, 9.17) is 9.37 Å². The fraction of sp³-hybridized carbons (Fsp3) is 0.765. The van der Waals surface area contributed by atoms with Crippen molar-refractivity contribution in [2.75, 3.05) is 63.2 Å². The molecule has 0 aliphatic carbocycles. The average molecular weight is 361 g/mol. The summed E-state index contributed by atoms with van der Waals surface area (Å²) >= 11 is 0. The zero-order chi connectivity index (χ0) is 17.8. The molecular weight excluding hydrogens is 334 g/mol. The van der Waals surface area contributed by atoms with E-state index in [-0.39, 0.29) is 0 Å². The molecule has 0 amide bonds. The van der Waals surface area contributed by atoms with Crippen molar-refractivity contribution >= 4 is 22.9 Å². The molecule has 0 bridgehead atoms. The summed E-state index contributed by atoms with van der Waals surface area (Å²) in [6.07, 6.45) is 4.84. The lowest BCUT2D eigenvalue weighted by atomic mass is 9.98. The van der Waals surface area contributed by atoms with Crippen LogP contribution in [0.5, 0.6) is 0 Å². The fourth-order valence-corrected chi connectivity index (χ4v) is 3.88. The van der Waals surface area contributed by atoms with Gasteiger partial charge in [0.25, 0.3) is 0 Å². The van der Waals surface area contributed by atoms with Crippen molar-refractivity contribution < 1.29 is 9.37 Å². The van der Waals surface area contributed by atoms with Gasteiger partial charge < -0.3 is 19.9 Å². The monoisotopic (exact) mass is 361 g/mol. The Hall–Kier alpha value is -2.00. The van der Waals surface area contributed by atoms with Crippen LogP contribution in [-0.2, 0) is 4.74 Å². The van der Waals surface area contributed by atoms with Gasteiger partial charge in [-0.3, -0.25) is 0 Å². The SMILES string of the molecule is COCCN1CCC[C@H](CNc2nc3nonc3nc2N2CCCC2)C1. The first kappa shape index (κ1) is 17.4. The van der Waals surface area contributed by atoms with Crippen LogP contribution >= 0.6 is 0 Å². The highest BCUT2D eigenvalue weighted by Gasteiger charge is 2.23. The summed E-state index contributed by atoms with van der Waals surface area (Å²) in [6, 6.07) is 0. The molecule has 0 radical (unpaired) electrons. The quantitative estimate of drug-likeness (QED) is 0.785. The van der Waals surface area contributed by atoms with Crippen LogP contribution in [0.25, 0.3) is 11.3 Å². The Kier molecular flexibility index (Phi) is 5.45. The van der Waals surface area contributed by atoms with Crippen LogP contribution in [0.1, 0.15) is 25.7 Å². The first-order chi connectivity index (χ1) is 12.8. The molecule has 2 saturated heterocycles. The highest BCUT2D eigenvalue weighted by atomic mass is 16.6. The summed E-state index contributed by atoms with van der Waals surface area (Å²) in [6.45, 7) is 6.95. The summed E-state index contributed by atoms with van der Waals surface area (Å²) in [7, 11) is 1.76. The van der Waals surface area contributed by atoms with Gasteiger partial charge in [0.15, 0.2) is 11.6 Å². The molecule has 9 nitrogen and oxygen atoms in total. The van der Waals surface area contributed by atoms with Gasteiger partial charge in [0.2, 0.25) is 11.3 Å². The number of aromatic nitrogens is 4. The molecule has 0 aromatic carbocycles. The van der Waals surface area contributed by atoms with Crippen LogP contribution < -0.4 is 10.2 Å². The minimum absolute atomic E-state index is 0.459. The number of ether oxygens (including phenoxy) is 1. The Bertz CT molecular complexity index is 716. The number of methoxy groups -OCH3 is 1. The van der Waals surface area contributed by atoms with Crippen molar-refractivity contribution in [3.63, 3.8) is 0 Å². The summed E-state index contributed by atoms with van der Waals surface area (Å²) in [4.78, 5) is 14.0. The Morgan fingerprint density at radius 2 is 1.92 bits per heavy atom. The van der Waals surface area contributed by atoms with Gasteiger partial charge in [0, 0.05) is 39.8 Å². The van der Waals surface area contributed by atoms with E-state index >= 15 is 0 Å². The van der Waals surface area contributed by atoms with E-state index in [2.05, 4.69) is 35.4 Å². The van der Waals surface area contributed by atoms with Gasteiger partial charge in [-0.25, -0.2) is 14.6 Å². The number of nitrogens with zero attached hydrogens (tertiary/aromatic N) is 6. The standard InChI is InChI=1S/C17H27N7O2/c1-25-10-9-23-6-4-5-13(12-23)11-18-16-17(24-7-2-3-8-24)20-15-14(19-16)21-26-22-15/h13H,2-12H2,1H3,(H,18,19,21)/t13-/m1/s1. The van der Waals surface area contributed by atoms with Crippen LogP contribution in [0.15, 0.2) is 4.63 Å². The lowest BCUT2D eigenvalue weighted by Crippen LogP contribution is -2.39. The summed E-state index contributed by atoms with van der Waals surface area (Å²) in [5.74, 6) is 2.27. The molecule has 2 aromatic heterocycles. The third-order valence-corrected chi connectivity index (χ3v) is 5.27. The molecule has 4 rings (SSSR count). The predicted octanol–water partition coefficient (Wildman–Crippen LogP) is 1.38. The van der Waals surface area contributed by atoms with Gasteiger partial charge in [-0.2, -0.15) is 0 Å². The topological polar surface area (TPSA) is 92.4 Å². The summed E-state index contributed by atoms with van der Waals surface area (Å²) in [5, 5.41) is 11.2. The molecule has 9 heteroatoms. The molecule has 0 saturated carbocycles. The predicted molar refractivity (Wildman–Crippen MR) is 98.4 cm³/mol. The van der Waals surface area contributed by atoms with Crippen LogP contribution in [0.3, 0.4) is 0 Å². The summed E-state index contributed by atoms with van der Waals surface area (Å²) in [5.41, 5.74) is 0.932. The molecule has 1 N–H and O–H groups in total. The molecule has 0 spiro atoms. The molecule has 142 valence electrons. The van der Waals surface area contributed by atoms with Crippen molar-refractivity contribution in [2.45, 2.75) is 25.7 Å². The van der Waals surface area contributed by atoms with E-state index in [1.165, 1.54) is 25.7 Å². The lowest BCUT2D eigenvalue weighted by Gasteiger charge is -2.32. The van der Waals surface area contributed by atoms with Gasteiger partial charge in [0.1, 0.15) is 0 Å². The van der Waals surface area contributed by atoms with E-state index < -0.39 is 0 Å². The average Bonchev–Trinajstić information content (AvgIpc) is 3.35. The number of nitrogens with one attached hydrogen (secondary N) is 1. The maximum atomic E-state index is 5.21. The minimum atomic E-state index is 0.459. The van der Waals surface area contributed by atoms with E-state index in [1.54, 1.807) is 7.11 Å². The number of rotatable bonds is 7. The third-order valence-electron chi connectivity index (χ3n) is 5.27. The fourth-order valence-electron chi connectivity index (χ4n) is 3.88. The maximum Gasteiger partial charge on any atom is 0.245 e. The number of fused-ring (bicyclic) bond motifs is 1. The van der Waals surface area contributed by atoms with Crippen LogP contribution in [0.4, 0.5) is 11.6 Å². The second-order valence-corrected chi connectivity index (χ2v) is 7.18. The molecular formula is C17H27N7O2. The van der Waals surface area contributed by atoms with Gasteiger partial charge in [-0.05, 0) is 48.5 Å². The van der Waals surface area contributed by atoms with Crippen molar-refractivity contribution in [3.8, 4) is 0 Å². The summed E-state index contributed by atoms with van der Waals surface area (Å²) < 4.78 is 10.0. The Balaban J connectivity index is 1.45. The third kappa shape index (κ3) is 3.88. The largest absolute Gasteiger partial charge is 0.383 e. The minimum Gasteiger partial charge on any atom is -0.383 e. The second-order valence-electron chi connectivity index (χ2n) is 7.18. The first-order valence-electron chi connectivity index (χ1n) is 9.54. The van der Waals surface area contributed by atoms with Crippen LogP contribution in [0.2, 0.25) is 0 Å². The number of anilines is 2. The van der Waals surface area contributed by atoms with E-state index in [0.717, 1.165) is 57.5 Å². The molecule has 2 aromatic rings. The number of piperidine rings is 1. The van der Waals surface area contributed by atoms with E-state index in [0.29, 0.717) is 17.2 Å². The Morgan fingerprint density at radius 3 is 2.73 bits per heavy atom. The van der Waals surface area contributed by atoms with E-state index in [9.17, 15) is 0 Å². The molecule has 1 atom stereocenters. The zero-order valence-corrected chi connectivity index (χ0v) is 15.4. The Labute approximate surface area is 153 Å². The maximum absolute atomic E-state index is 5.21. The second kappa shape index (κ2) is 8.13. The lowest BCUT2D eigenvalue weighted by molar-refractivity contribution is 0.117. The van der Waals surface area contributed by atoms with Gasteiger partial charge in [0.05, 0.1) is 6.61 Å². The van der Waals surface area contributed by atoms with Crippen LogP contribution in [-0.4, -0.2) is 78.2 Å².